The predicted molar refractivity (Wildman–Crippen MR) is 102 cm³/mol. The molecule has 0 rings (SSSR count). The van der Waals surface area contributed by atoms with Gasteiger partial charge in [-0.1, -0.05) is 0 Å². The van der Waals surface area contributed by atoms with Crippen molar-refractivity contribution >= 4 is 22.3 Å². The standard InChI is InChI=1S/3C6H14N.In/c3*1-5(2)7-6(3)4;/h3*5-6H,1-4H3;/q3*-1;+3. The Bertz CT molecular complexity index is 229. The van der Waals surface area contributed by atoms with Crippen molar-refractivity contribution in [2.75, 3.05) is 0 Å². The van der Waals surface area contributed by atoms with Gasteiger partial charge in [0.1, 0.15) is 0 Å². The summed E-state index contributed by atoms with van der Waals surface area (Å²) < 4.78 is 8.63. The Balaban J connectivity index is 6.03. The van der Waals surface area contributed by atoms with Gasteiger partial charge in [-0.05, 0) is 0 Å². The van der Waals surface area contributed by atoms with Crippen LogP contribution in [0.2, 0.25) is 0 Å². The van der Waals surface area contributed by atoms with E-state index >= 15 is 0 Å². The molecule has 0 aliphatic rings. The van der Waals surface area contributed by atoms with Crippen molar-refractivity contribution in [1.29, 1.82) is 0 Å². The van der Waals surface area contributed by atoms with E-state index in [0.29, 0.717) is 36.3 Å². The molecule has 0 atom stereocenters. The Hall–Kier alpha value is 0.750. The SMILES string of the molecule is CC(C)[N](C(C)C)[In]([N](C(C)C)C(C)C)[N](C(C)C)C(C)C. The van der Waals surface area contributed by atoms with Gasteiger partial charge in [0.05, 0.1) is 0 Å². The summed E-state index contributed by atoms with van der Waals surface area (Å²) in [6, 6.07) is 3.67. The van der Waals surface area contributed by atoms with Crippen LogP contribution in [0.5, 0.6) is 0 Å². The number of nitrogens with zero attached hydrogens (tertiary/aromatic N) is 3. The Labute approximate surface area is 150 Å². The van der Waals surface area contributed by atoms with Crippen LogP contribution in [0, 0.1) is 0 Å². The fourth-order valence-corrected chi connectivity index (χ4v) is 15.6. The molecule has 3 nitrogen and oxygen atoms in total. The van der Waals surface area contributed by atoms with Crippen LogP contribution in [0.4, 0.5) is 0 Å². The van der Waals surface area contributed by atoms with Gasteiger partial charge in [0.25, 0.3) is 0 Å². The second-order valence-electron chi connectivity index (χ2n) is 8.25. The molecule has 0 unspecified atom stereocenters. The van der Waals surface area contributed by atoms with Gasteiger partial charge in [-0.2, -0.15) is 0 Å². The molecule has 22 heavy (non-hydrogen) atoms. The zero-order valence-electron chi connectivity index (χ0n) is 17.4. The summed E-state index contributed by atoms with van der Waals surface area (Å²) in [7, 11) is 0. The monoisotopic (exact) mass is 415 g/mol. The first-order valence-corrected chi connectivity index (χ1v) is 13.7. The third-order valence-electron chi connectivity index (χ3n) is 4.38. The van der Waals surface area contributed by atoms with Crippen molar-refractivity contribution in [2.24, 2.45) is 0 Å². The van der Waals surface area contributed by atoms with Crippen molar-refractivity contribution in [3.8, 4) is 0 Å². The van der Waals surface area contributed by atoms with Crippen molar-refractivity contribution < 1.29 is 0 Å². The molecule has 4 heteroatoms. The average Bonchev–Trinajstić information content (AvgIpc) is 2.24. The van der Waals surface area contributed by atoms with Crippen LogP contribution >= 0.6 is 0 Å². The summed E-state index contributed by atoms with van der Waals surface area (Å²) in [6.07, 6.45) is 0. The molecular formula is C18H42InN3. The molecule has 0 saturated carbocycles. The molecule has 0 saturated heterocycles. The Morgan fingerprint density at radius 3 is 0.591 bits per heavy atom. The molecular weight excluding hydrogens is 373 g/mol. The van der Waals surface area contributed by atoms with Gasteiger partial charge in [-0.15, -0.1) is 0 Å². The fraction of sp³-hybridized carbons (Fsp3) is 1.00. The topological polar surface area (TPSA) is 9.72 Å². The molecule has 0 radical (unpaired) electrons. The number of rotatable bonds is 9. The van der Waals surface area contributed by atoms with Crippen LogP contribution in [0.3, 0.4) is 0 Å². The number of hydrogen-bond acceptors (Lipinski definition) is 3. The third-order valence-corrected chi connectivity index (χ3v) is 19.2. The van der Waals surface area contributed by atoms with Gasteiger partial charge >= 0.3 is 150 Å². The molecule has 132 valence electrons. The molecule has 0 spiro atoms. The van der Waals surface area contributed by atoms with E-state index in [0.717, 1.165) is 0 Å². The van der Waals surface area contributed by atoms with Crippen molar-refractivity contribution in [2.45, 2.75) is 119 Å². The van der Waals surface area contributed by atoms with E-state index in [1.54, 1.807) is 0 Å². The van der Waals surface area contributed by atoms with E-state index in [2.05, 4.69) is 91.7 Å². The van der Waals surface area contributed by atoms with Crippen LogP contribution in [0.15, 0.2) is 0 Å². The van der Waals surface area contributed by atoms with Gasteiger partial charge in [-0.25, -0.2) is 0 Å². The first kappa shape index (κ1) is 22.8. The number of hydrogen-bond donors (Lipinski definition) is 0. The molecule has 0 fully saturated rings. The van der Waals surface area contributed by atoms with Crippen molar-refractivity contribution in [3.05, 3.63) is 0 Å². The van der Waals surface area contributed by atoms with Crippen LogP contribution in [-0.2, 0) is 0 Å². The molecule has 0 aliphatic heterocycles. The van der Waals surface area contributed by atoms with Gasteiger partial charge in [-0.3, -0.25) is 0 Å². The van der Waals surface area contributed by atoms with Gasteiger partial charge in [0.2, 0.25) is 0 Å². The second kappa shape index (κ2) is 9.90. The van der Waals surface area contributed by atoms with Gasteiger partial charge in [0.15, 0.2) is 0 Å². The van der Waals surface area contributed by atoms with Crippen molar-refractivity contribution in [1.82, 2.24) is 8.66 Å². The molecule has 0 aromatic carbocycles. The molecule has 0 aliphatic carbocycles. The van der Waals surface area contributed by atoms with Crippen LogP contribution in [-0.4, -0.2) is 67.2 Å². The van der Waals surface area contributed by atoms with E-state index < -0.39 is 22.3 Å². The molecule has 0 aromatic heterocycles. The molecule has 0 heterocycles. The Kier molecular flexibility index (Phi) is 10.2. The van der Waals surface area contributed by atoms with E-state index in [9.17, 15) is 0 Å². The zero-order valence-corrected chi connectivity index (χ0v) is 20.7. The van der Waals surface area contributed by atoms with E-state index in [4.69, 9.17) is 0 Å². The maximum atomic E-state index is 2.88. The Morgan fingerprint density at radius 1 is 0.364 bits per heavy atom. The van der Waals surface area contributed by atoms with Crippen LogP contribution in [0.25, 0.3) is 0 Å². The summed E-state index contributed by atoms with van der Waals surface area (Å²) in [6.45, 7) is 28.5. The van der Waals surface area contributed by atoms with E-state index in [-0.39, 0.29) is 0 Å². The Morgan fingerprint density at radius 2 is 0.500 bits per heavy atom. The van der Waals surface area contributed by atoms with Gasteiger partial charge < -0.3 is 0 Å². The van der Waals surface area contributed by atoms with Crippen molar-refractivity contribution in [3.63, 3.8) is 0 Å². The third kappa shape index (κ3) is 5.99. The normalized spacial score (nSPS) is 13.5. The molecule has 0 amide bonds. The van der Waals surface area contributed by atoms with E-state index in [1.807, 2.05) is 0 Å². The van der Waals surface area contributed by atoms with Crippen LogP contribution in [0.1, 0.15) is 83.1 Å². The first-order chi connectivity index (χ1) is 9.93. The predicted octanol–water partition coefficient (Wildman–Crippen LogP) is 4.33. The van der Waals surface area contributed by atoms with Crippen LogP contribution < -0.4 is 0 Å². The fourth-order valence-electron chi connectivity index (χ4n) is 3.85. The second-order valence-corrected chi connectivity index (χ2v) is 15.3. The minimum absolute atomic E-state index is 0.612. The summed E-state index contributed by atoms with van der Waals surface area (Å²) in [5, 5.41) is 0. The quantitative estimate of drug-likeness (QED) is 0.555. The first-order valence-electron chi connectivity index (χ1n) is 9.25. The molecule has 0 bridgehead atoms. The van der Waals surface area contributed by atoms with E-state index in [1.165, 1.54) is 0 Å². The average molecular weight is 415 g/mol. The summed E-state index contributed by atoms with van der Waals surface area (Å²) in [4.78, 5) is 0. The maximum absolute atomic E-state index is 2.88. The summed E-state index contributed by atoms with van der Waals surface area (Å²) in [5.74, 6) is 0. The summed E-state index contributed by atoms with van der Waals surface area (Å²) >= 11 is -2.33. The minimum atomic E-state index is -2.33. The van der Waals surface area contributed by atoms with Gasteiger partial charge in [0, 0.05) is 0 Å². The summed E-state index contributed by atoms with van der Waals surface area (Å²) in [5.41, 5.74) is 0. The molecule has 0 N–H and O–H groups in total. The molecule has 0 aromatic rings. The zero-order chi connectivity index (χ0) is 17.8.